The number of hydrogen-bond acceptors (Lipinski definition) is 3. The van der Waals surface area contributed by atoms with E-state index in [-0.39, 0.29) is 17.7 Å². The summed E-state index contributed by atoms with van der Waals surface area (Å²) in [4.78, 5) is 23.7. The summed E-state index contributed by atoms with van der Waals surface area (Å²) in [6.07, 6.45) is 3.58. The first-order valence-electron chi connectivity index (χ1n) is 6.89. The van der Waals surface area contributed by atoms with E-state index in [9.17, 15) is 9.59 Å². The molecule has 0 bridgehead atoms. The van der Waals surface area contributed by atoms with Crippen LogP contribution in [0.2, 0.25) is 0 Å². The summed E-state index contributed by atoms with van der Waals surface area (Å²) in [5, 5.41) is 5.44. The third kappa shape index (κ3) is 6.38. The molecule has 4 N–H and O–H groups in total. The summed E-state index contributed by atoms with van der Waals surface area (Å²) in [6.45, 7) is 9.37. The molecule has 0 aromatic carbocycles. The number of carbonyl (C=O) groups excluding carboxylic acids is 2. The van der Waals surface area contributed by atoms with Gasteiger partial charge in [0.1, 0.15) is 6.04 Å². The molecule has 0 saturated heterocycles. The molecule has 0 spiro atoms. The molecule has 0 aliphatic heterocycles. The van der Waals surface area contributed by atoms with Gasteiger partial charge in [0.05, 0.1) is 6.04 Å². The van der Waals surface area contributed by atoms with Gasteiger partial charge in [-0.2, -0.15) is 0 Å². The van der Waals surface area contributed by atoms with Crippen LogP contribution in [-0.2, 0) is 9.59 Å². The quantitative estimate of drug-likeness (QED) is 0.651. The van der Waals surface area contributed by atoms with Gasteiger partial charge in [0.15, 0.2) is 0 Å². The fourth-order valence-corrected chi connectivity index (χ4v) is 1.47. The maximum atomic E-state index is 11.9. The molecule has 110 valence electrons. The van der Waals surface area contributed by atoms with Gasteiger partial charge in [0, 0.05) is 5.70 Å². The highest BCUT2D eigenvalue weighted by Crippen LogP contribution is 2.01. The number of nitrogens with two attached hydrogens (primary N) is 1. The van der Waals surface area contributed by atoms with Crippen LogP contribution < -0.4 is 16.4 Å². The second-order valence-electron chi connectivity index (χ2n) is 4.98. The monoisotopic (exact) mass is 269 g/mol. The number of rotatable bonds is 7. The Kier molecular flexibility index (Phi) is 8.07. The Labute approximate surface area is 116 Å². The first-order valence-corrected chi connectivity index (χ1v) is 6.89. The van der Waals surface area contributed by atoms with E-state index in [4.69, 9.17) is 5.73 Å². The molecule has 0 radical (unpaired) electrons. The molecule has 0 aromatic heterocycles. The van der Waals surface area contributed by atoms with Crippen molar-refractivity contribution in [1.29, 1.82) is 0 Å². The summed E-state index contributed by atoms with van der Waals surface area (Å²) in [5.74, 6) is -0.470. The molecule has 0 saturated carbocycles. The van der Waals surface area contributed by atoms with Crippen molar-refractivity contribution in [3.8, 4) is 0 Å². The minimum atomic E-state index is -0.593. The smallest absolute Gasteiger partial charge is 0.246 e. The van der Waals surface area contributed by atoms with Crippen LogP contribution in [0.25, 0.3) is 0 Å². The zero-order chi connectivity index (χ0) is 15.0. The minimum Gasteiger partial charge on any atom is -0.343 e. The van der Waals surface area contributed by atoms with Crippen LogP contribution in [0.5, 0.6) is 0 Å². The predicted octanol–water partition coefficient (Wildman–Crippen LogP) is 1.29. The van der Waals surface area contributed by atoms with Crippen LogP contribution in [0.15, 0.2) is 11.8 Å². The van der Waals surface area contributed by atoms with E-state index in [1.807, 2.05) is 33.8 Å². The minimum absolute atomic E-state index is 0.0430. The zero-order valence-corrected chi connectivity index (χ0v) is 12.6. The molecule has 5 heteroatoms. The van der Waals surface area contributed by atoms with Gasteiger partial charge in [-0.25, -0.2) is 0 Å². The Hall–Kier alpha value is -1.36. The number of carbonyl (C=O) groups is 2. The van der Waals surface area contributed by atoms with E-state index in [1.54, 1.807) is 6.92 Å². The molecule has 0 aliphatic carbocycles. The molecule has 0 fully saturated rings. The molecule has 0 aromatic rings. The zero-order valence-electron chi connectivity index (χ0n) is 12.6. The second kappa shape index (κ2) is 8.69. The Bertz CT molecular complexity index is 338. The molecule has 2 amide bonds. The average Bonchev–Trinajstić information content (AvgIpc) is 2.36. The Morgan fingerprint density at radius 1 is 1.16 bits per heavy atom. The fraction of sp³-hybridized carbons (Fsp3) is 0.714. The fourth-order valence-electron chi connectivity index (χ4n) is 1.47. The van der Waals surface area contributed by atoms with Crippen LogP contribution >= 0.6 is 0 Å². The van der Waals surface area contributed by atoms with E-state index in [2.05, 4.69) is 10.6 Å². The standard InChI is InChI=1S/C14H27N3O2/c1-6-8-11(7-2)17-13(18)10(5)16-14(19)12(15)9(3)4/h8-10,12H,6-7,15H2,1-5H3,(H,16,19)(H,17,18)/b11-8+/t10-,12-/m0/s1. The molecule has 2 atom stereocenters. The molecule has 19 heavy (non-hydrogen) atoms. The third-order valence-electron chi connectivity index (χ3n) is 2.89. The van der Waals surface area contributed by atoms with Crippen molar-refractivity contribution >= 4 is 11.8 Å². The van der Waals surface area contributed by atoms with Gasteiger partial charge >= 0.3 is 0 Å². The molecule has 0 rings (SSSR count). The second-order valence-corrected chi connectivity index (χ2v) is 4.98. The maximum Gasteiger partial charge on any atom is 0.246 e. The lowest BCUT2D eigenvalue weighted by Crippen LogP contribution is -2.51. The predicted molar refractivity (Wildman–Crippen MR) is 77.2 cm³/mol. The van der Waals surface area contributed by atoms with Crippen molar-refractivity contribution < 1.29 is 9.59 Å². The van der Waals surface area contributed by atoms with Crippen molar-refractivity contribution in [3.63, 3.8) is 0 Å². The highest BCUT2D eigenvalue weighted by molar-refractivity contribution is 5.90. The summed E-state index contributed by atoms with van der Waals surface area (Å²) in [7, 11) is 0. The maximum absolute atomic E-state index is 11.9. The van der Waals surface area contributed by atoms with Crippen LogP contribution in [0.1, 0.15) is 47.5 Å². The van der Waals surface area contributed by atoms with E-state index in [0.717, 1.165) is 18.5 Å². The molecule has 0 unspecified atom stereocenters. The number of allylic oxidation sites excluding steroid dienone is 2. The van der Waals surface area contributed by atoms with Crippen molar-refractivity contribution in [1.82, 2.24) is 10.6 Å². The van der Waals surface area contributed by atoms with E-state index >= 15 is 0 Å². The number of nitrogens with one attached hydrogen (secondary N) is 2. The van der Waals surface area contributed by atoms with Gasteiger partial charge in [-0.05, 0) is 25.7 Å². The lowest BCUT2D eigenvalue weighted by Gasteiger charge is -2.19. The highest BCUT2D eigenvalue weighted by Gasteiger charge is 2.22. The van der Waals surface area contributed by atoms with Gasteiger partial charge in [-0.3, -0.25) is 9.59 Å². The molecular weight excluding hydrogens is 242 g/mol. The Morgan fingerprint density at radius 2 is 1.74 bits per heavy atom. The first kappa shape index (κ1) is 17.6. The summed E-state index contributed by atoms with van der Waals surface area (Å²) >= 11 is 0. The molecule has 0 heterocycles. The number of amides is 2. The van der Waals surface area contributed by atoms with Gasteiger partial charge < -0.3 is 16.4 Å². The molecule has 5 nitrogen and oxygen atoms in total. The van der Waals surface area contributed by atoms with Crippen LogP contribution in [0, 0.1) is 5.92 Å². The third-order valence-corrected chi connectivity index (χ3v) is 2.89. The van der Waals surface area contributed by atoms with Gasteiger partial charge in [-0.15, -0.1) is 0 Å². The van der Waals surface area contributed by atoms with E-state index in [0.29, 0.717) is 0 Å². The molecular formula is C14H27N3O2. The van der Waals surface area contributed by atoms with Gasteiger partial charge in [0.2, 0.25) is 11.8 Å². The number of hydrogen-bond donors (Lipinski definition) is 3. The van der Waals surface area contributed by atoms with E-state index in [1.165, 1.54) is 0 Å². The SMILES string of the molecule is CC/C=C(\CC)NC(=O)[C@H](C)NC(=O)[C@@H](N)C(C)C. The van der Waals surface area contributed by atoms with Crippen molar-refractivity contribution in [3.05, 3.63) is 11.8 Å². The van der Waals surface area contributed by atoms with Crippen LogP contribution in [-0.4, -0.2) is 23.9 Å². The van der Waals surface area contributed by atoms with Gasteiger partial charge in [-0.1, -0.05) is 33.8 Å². The van der Waals surface area contributed by atoms with Crippen LogP contribution in [0.3, 0.4) is 0 Å². The van der Waals surface area contributed by atoms with E-state index < -0.39 is 12.1 Å². The summed E-state index contributed by atoms with van der Waals surface area (Å²) in [5.41, 5.74) is 6.61. The Morgan fingerprint density at radius 3 is 2.16 bits per heavy atom. The van der Waals surface area contributed by atoms with Crippen molar-refractivity contribution in [2.45, 2.75) is 59.5 Å². The Balaban J connectivity index is 4.42. The van der Waals surface area contributed by atoms with Crippen molar-refractivity contribution in [2.75, 3.05) is 0 Å². The lowest BCUT2D eigenvalue weighted by atomic mass is 10.0. The van der Waals surface area contributed by atoms with Crippen molar-refractivity contribution in [2.24, 2.45) is 11.7 Å². The molecule has 0 aliphatic rings. The highest BCUT2D eigenvalue weighted by atomic mass is 16.2. The average molecular weight is 269 g/mol. The summed E-state index contributed by atoms with van der Waals surface area (Å²) in [6, 6.07) is -1.18. The largest absolute Gasteiger partial charge is 0.343 e. The normalized spacial score (nSPS) is 15.0. The lowest BCUT2D eigenvalue weighted by molar-refractivity contribution is -0.129. The van der Waals surface area contributed by atoms with Crippen LogP contribution in [0.4, 0.5) is 0 Å². The first-order chi connectivity index (χ1) is 8.83. The summed E-state index contributed by atoms with van der Waals surface area (Å²) < 4.78 is 0. The van der Waals surface area contributed by atoms with Gasteiger partial charge in [0.25, 0.3) is 0 Å². The topological polar surface area (TPSA) is 84.2 Å².